The maximum Gasteiger partial charge on any atom is 0.410 e. The highest BCUT2D eigenvalue weighted by atomic mass is 35.5. The minimum absolute atomic E-state index is 0.233. The Kier molecular flexibility index (Phi) is 5.39. The number of rotatable bonds is 2. The molecule has 6 nitrogen and oxygen atoms in total. The van der Waals surface area contributed by atoms with Crippen LogP contribution >= 0.6 is 22.9 Å². The van der Waals surface area contributed by atoms with Gasteiger partial charge in [0.1, 0.15) is 18.0 Å². The van der Waals surface area contributed by atoms with Crippen molar-refractivity contribution in [2.24, 2.45) is 0 Å². The van der Waals surface area contributed by atoms with E-state index in [1.165, 1.54) is 0 Å². The first-order valence-electron chi connectivity index (χ1n) is 10.2. The molecule has 2 aliphatic heterocycles. The third-order valence-corrected chi connectivity index (χ3v) is 6.67. The maximum atomic E-state index is 12.6. The van der Waals surface area contributed by atoms with Gasteiger partial charge >= 0.3 is 6.09 Å². The van der Waals surface area contributed by atoms with E-state index in [0.29, 0.717) is 18.2 Å². The first-order chi connectivity index (χ1) is 14.0. The second-order valence-electron chi connectivity index (χ2n) is 9.50. The number of aromatic nitrogens is 1. The molecule has 0 bridgehead atoms. The summed E-state index contributed by atoms with van der Waals surface area (Å²) < 4.78 is 11.4. The van der Waals surface area contributed by atoms with Crippen molar-refractivity contribution in [3.05, 3.63) is 28.9 Å². The number of nitrogens with zero attached hydrogens (tertiary/aromatic N) is 2. The van der Waals surface area contributed by atoms with Crippen LogP contribution in [0.2, 0.25) is 5.02 Å². The number of carbonyl (C=O) groups is 1. The minimum atomic E-state index is -0.495. The van der Waals surface area contributed by atoms with E-state index in [1.54, 1.807) is 11.3 Å². The van der Waals surface area contributed by atoms with Gasteiger partial charge in [0.2, 0.25) is 0 Å². The molecule has 1 fully saturated rings. The van der Waals surface area contributed by atoms with Gasteiger partial charge in [-0.3, -0.25) is 0 Å². The molecule has 1 aromatic carbocycles. The molecule has 4 rings (SSSR count). The van der Waals surface area contributed by atoms with Gasteiger partial charge in [0.05, 0.1) is 10.6 Å². The fraction of sp³-hybridized carbons (Fsp3) is 0.545. The number of amides is 1. The van der Waals surface area contributed by atoms with Crippen molar-refractivity contribution in [3.8, 4) is 16.2 Å². The molecule has 0 spiro atoms. The fourth-order valence-electron chi connectivity index (χ4n) is 4.03. The number of nitrogens with one attached hydrogen (secondary N) is 1. The molecule has 2 aliphatic rings. The van der Waals surface area contributed by atoms with E-state index in [4.69, 9.17) is 26.1 Å². The Hall–Kier alpha value is -1.99. The number of anilines is 1. The number of fused-ring (bicyclic) bond motifs is 3. The van der Waals surface area contributed by atoms with Gasteiger partial charge in [0, 0.05) is 28.7 Å². The molecule has 1 atom stereocenters. The van der Waals surface area contributed by atoms with E-state index in [-0.39, 0.29) is 17.7 Å². The molecule has 0 radical (unpaired) electrons. The number of piperidine rings is 1. The average molecular weight is 450 g/mol. The highest BCUT2D eigenvalue weighted by Crippen LogP contribution is 2.44. The summed E-state index contributed by atoms with van der Waals surface area (Å²) in [5, 5.41) is 5.14. The molecule has 1 N–H and O–H groups in total. The zero-order valence-electron chi connectivity index (χ0n) is 18.0. The maximum absolute atomic E-state index is 12.6. The van der Waals surface area contributed by atoms with Crippen LogP contribution < -0.4 is 10.1 Å². The van der Waals surface area contributed by atoms with Gasteiger partial charge in [-0.1, -0.05) is 22.9 Å². The molecular formula is C22H28ClN3O3S. The van der Waals surface area contributed by atoms with Gasteiger partial charge < -0.3 is 19.7 Å². The quantitative estimate of drug-likeness (QED) is 0.614. The summed E-state index contributed by atoms with van der Waals surface area (Å²) in [7, 11) is 0. The molecule has 3 heterocycles. The molecule has 1 saturated heterocycles. The molecule has 0 saturated carbocycles. The van der Waals surface area contributed by atoms with Crippen LogP contribution in [0.5, 0.6) is 5.75 Å². The summed E-state index contributed by atoms with van der Waals surface area (Å²) in [6, 6.07) is 5.94. The van der Waals surface area contributed by atoms with Crippen molar-refractivity contribution in [1.29, 1.82) is 0 Å². The van der Waals surface area contributed by atoms with Crippen molar-refractivity contribution in [2.45, 2.75) is 71.2 Å². The lowest BCUT2D eigenvalue weighted by Crippen LogP contribution is -2.56. The van der Waals surface area contributed by atoms with Gasteiger partial charge in [0.25, 0.3) is 0 Å². The lowest BCUT2D eigenvalue weighted by Gasteiger charge is -2.45. The summed E-state index contributed by atoms with van der Waals surface area (Å²) in [5.74, 6) is 0.803. The predicted octanol–water partition coefficient (Wildman–Crippen LogP) is 5.95. The van der Waals surface area contributed by atoms with E-state index in [9.17, 15) is 4.79 Å². The molecule has 162 valence electrons. The van der Waals surface area contributed by atoms with E-state index >= 15 is 0 Å². The summed E-state index contributed by atoms with van der Waals surface area (Å²) in [6.45, 7) is 11.0. The summed E-state index contributed by atoms with van der Waals surface area (Å²) in [5.41, 5.74) is 1.18. The van der Waals surface area contributed by atoms with Crippen LogP contribution in [-0.2, 0) is 11.3 Å². The predicted molar refractivity (Wildman–Crippen MR) is 121 cm³/mol. The van der Waals surface area contributed by atoms with Crippen LogP contribution in [0.15, 0.2) is 18.2 Å². The minimum Gasteiger partial charge on any atom is -0.487 e. The topological polar surface area (TPSA) is 63.7 Å². The van der Waals surface area contributed by atoms with Gasteiger partial charge in [-0.15, -0.1) is 0 Å². The monoisotopic (exact) mass is 449 g/mol. The van der Waals surface area contributed by atoms with Gasteiger partial charge in [-0.2, -0.15) is 0 Å². The smallest absolute Gasteiger partial charge is 0.410 e. The van der Waals surface area contributed by atoms with Crippen LogP contribution in [-0.4, -0.2) is 39.7 Å². The SMILES string of the molecule is CC(C)(C)OC(=O)N1CCC(Nc2nc3c(s2)-c2ccc(Cl)cc2OC3)CC1(C)C. The number of thiazole rings is 1. The van der Waals surface area contributed by atoms with Crippen LogP contribution in [0.25, 0.3) is 10.4 Å². The summed E-state index contributed by atoms with van der Waals surface area (Å²) >= 11 is 7.73. The highest BCUT2D eigenvalue weighted by molar-refractivity contribution is 7.19. The highest BCUT2D eigenvalue weighted by Gasteiger charge is 2.40. The third kappa shape index (κ3) is 4.37. The van der Waals surface area contributed by atoms with E-state index in [0.717, 1.165) is 39.9 Å². The number of ether oxygens (including phenoxy) is 2. The number of carbonyl (C=O) groups excluding carboxylic acids is 1. The largest absolute Gasteiger partial charge is 0.487 e. The Morgan fingerprint density at radius 3 is 2.87 bits per heavy atom. The molecule has 0 aliphatic carbocycles. The van der Waals surface area contributed by atoms with Gasteiger partial charge in [0.15, 0.2) is 5.13 Å². The summed E-state index contributed by atoms with van der Waals surface area (Å²) in [4.78, 5) is 20.3. The van der Waals surface area contributed by atoms with Crippen molar-refractivity contribution in [2.75, 3.05) is 11.9 Å². The van der Waals surface area contributed by atoms with E-state index < -0.39 is 5.60 Å². The van der Waals surface area contributed by atoms with Crippen LogP contribution in [0.4, 0.5) is 9.93 Å². The van der Waals surface area contributed by atoms with Crippen LogP contribution in [0.3, 0.4) is 0 Å². The normalized spacial score (nSPS) is 20.1. The van der Waals surface area contributed by atoms with Crippen molar-refractivity contribution < 1.29 is 14.3 Å². The first kappa shape index (κ1) is 21.2. The Labute approximate surface area is 186 Å². The molecule has 1 unspecified atom stereocenters. The van der Waals surface area contributed by atoms with Gasteiger partial charge in [-0.25, -0.2) is 9.78 Å². The van der Waals surface area contributed by atoms with Crippen molar-refractivity contribution >= 4 is 34.2 Å². The fourth-order valence-corrected chi connectivity index (χ4v) is 5.26. The average Bonchev–Trinajstić information content (AvgIpc) is 3.01. The Bertz CT molecular complexity index is 967. The zero-order valence-corrected chi connectivity index (χ0v) is 19.6. The lowest BCUT2D eigenvalue weighted by molar-refractivity contribution is -0.00787. The summed E-state index contributed by atoms with van der Waals surface area (Å²) in [6.07, 6.45) is 1.41. The number of halogens is 1. The molecule has 8 heteroatoms. The van der Waals surface area contributed by atoms with Crippen LogP contribution in [0.1, 0.15) is 53.2 Å². The number of likely N-dealkylation sites (tertiary alicyclic amines) is 1. The molecule has 2 aromatic rings. The van der Waals surface area contributed by atoms with E-state index in [2.05, 4.69) is 19.2 Å². The van der Waals surface area contributed by atoms with Crippen molar-refractivity contribution in [3.63, 3.8) is 0 Å². The second-order valence-corrected chi connectivity index (χ2v) is 10.9. The standard InChI is InChI=1S/C22H28ClN3O3S/c1-21(2,3)29-20(27)26-9-8-14(11-22(26,4)5)24-19-25-16-12-28-17-10-13(23)6-7-15(17)18(16)30-19/h6-7,10,14H,8-9,11-12H2,1-5H3,(H,24,25). The van der Waals surface area contributed by atoms with Crippen molar-refractivity contribution in [1.82, 2.24) is 9.88 Å². The number of hydrogen-bond acceptors (Lipinski definition) is 6. The van der Waals surface area contributed by atoms with E-state index in [1.807, 2.05) is 43.9 Å². The Balaban J connectivity index is 1.46. The molecule has 30 heavy (non-hydrogen) atoms. The Morgan fingerprint density at radius 1 is 1.40 bits per heavy atom. The zero-order chi connectivity index (χ0) is 21.7. The Morgan fingerprint density at radius 2 is 2.17 bits per heavy atom. The van der Waals surface area contributed by atoms with Gasteiger partial charge in [-0.05, 0) is 65.7 Å². The molecule has 1 amide bonds. The van der Waals surface area contributed by atoms with Crippen LogP contribution in [0, 0.1) is 0 Å². The molecule has 1 aromatic heterocycles. The first-order valence-corrected chi connectivity index (χ1v) is 11.4. The third-order valence-electron chi connectivity index (χ3n) is 5.37. The number of hydrogen-bond donors (Lipinski definition) is 1. The number of benzene rings is 1. The molecular weight excluding hydrogens is 422 g/mol. The lowest BCUT2D eigenvalue weighted by atomic mass is 9.87. The second kappa shape index (κ2) is 7.61.